The van der Waals surface area contributed by atoms with E-state index in [2.05, 4.69) is 46.4 Å². The van der Waals surface area contributed by atoms with Crippen LogP contribution in [0.3, 0.4) is 0 Å². The molecule has 0 aliphatic carbocycles. The Labute approximate surface area is 124 Å². The molecule has 0 saturated heterocycles. The van der Waals surface area contributed by atoms with Crippen molar-refractivity contribution in [2.75, 3.05) is 7.05 Å². The van der Waals surface area contributed by atoms with E-state index in [-0.39, 0.29) is 0 Å². The standard InChI is InChI=1S/C17H17ClN2/c1-19-11-13-6-7-14-8-9-20(17(14)10-13)12-15-4-2-3-5-16(15)18/h2-10,19H,11-12H2,1H3. The second-order valence-electron chi connectivity index (χ2n) is 4.96. The summed E-state index contributed by atoms with van der Waals surface area (Å²) < 4.78 is 2.25. The topological polar surface area (TPSA) is 17.0 Å². The molecule has 3 heteroatoms. The monoisotopic (exact) mass is 284 g/mol. The van der Waals surface area contributed by atoms with E-state index in [1.165, 1.54) is 16.5 Å². The maximum absolute atomic E-state index is 6.25. The molecule has 0 bridgehead atoms. The number of hydrogen-bond donors (Lipinski definition) is 1. The number of nitrogens with zero attached hydrogens (tertiary/aromatic N) is 1. The molecule has 1 aromatic heterocycles. The van der Waals surface area contributed by atoms with E-state index in [0.29, 0.717) is 0 Å². The van der Waals surface area contributed by atoms with Gasteiger partial charge in [-0.25, -0.2) is 0 Å². The zero-order valence-electron chi connectivity index (χ0n) is 11.4. The summed E-state index contributed by atoms with van der Waals surface area (Å²) in [6.45, 7) is 1.68. The number of hydrogen-bond acceptors (Lipinski definition) is 1. The summed E-state index contributed by atoms with van der Waals surface area (Å²) in [5.41, 5.74) is 3.68. The van der Waals surface area contributed by atoms with Gasteiger partial charge in [-0.3, -0.25) is 0 Å². The molecule has 3 aromatic rings. The molecule has 0 aliphatic rings. The molecule has 0 radical (unpaired) electrons. The van der Waals surface area contributed by atoms with E-state index in [1.54, 1.807) is 0 Å². The van der Waals surface area contributed by atoms with Crippen LogP contribution in [0.2, 0.25) is 5.02 Å². The lowest BCUT2D eigenvalue weighted by Crippen LogP contribution is -2.05. The van der Waals surface area contributed by atoms with E-state index in [1.807, 2.05) is 25.2 Å². The Balaban J connectivity index is 1.99. The summed E-state index contributed by atoms with van der Waals surface area (Å²) >= 11 is 6.25. The molecule has 0 fully saturated rings. The average Bonchev–Trinajstić information content (AvgIpc) is 2.85. The molecule has 0 amide bonds. The molecule has 1 N–H and O–H groups in total. The number of rotatable bonds is 4. The van der Waals surface area contributed by atoms with Gasteiger partial charge in [-0.05, 0) is 41.8 Å². The van der Waals surface area contributed by atoms with Crippen molar-refractivity contribution in [3.63, 3.8) is 0 Å². The smallest absolute Gasteiger partial charge is 0.0490 e. The van der Waals surface area contributed by atoms with Crippen LogP contribution >= 0.6 is 11.6 Å². The third kappa shape index (κ3) is 2.58. The van der Waals surface area contributed by atoms with Crippen LogP contribution in [0.25, 0.3) is 10.9 Å². The Morgan fingerprint density at radius 2 is 1.95 bits per heavy atom. The lowest BCUT2D eigenvalue weighted by Gasteiger charge is -2.08. The molecule has 0 aliphatic heterocycles. The van der Waals surface area contributed by atoms with Crippen molar-refractivity contribution in [2.45, 2.75) is 13.1 Å². The lowest BCUT2D eigenvalue weighted by molar-refractivity contribution is 0.812. The molecule has 2 nitrogen and oxygen atoms in total. The predicted molar refractivity (Wildman–Crippen MR) is 85.3 cm³/mol. The molecular weight excluding hydrogens is 268 g/mol. The van der Waals surface area contributed by atoms with Gasteiger partial charge in [-0.2, -0.15) is 0 Å². The fraction of sp³-hybridized carbons (Fsp3) is 0.176. The van der Waals surface area contributed by atoms with Gasteiger partial charge in [0.05, 0.1) is 0 Å². The van der Waals surface area contributed by atoms with Crippen molar-refractivity contribution in [3.05, 3.63) is 70.9 Å². The predicted octanol–water partition coefficient (Wildman–Crippen LogP) is 4.06. The largest absolute Gasteiger partial charge is 0.343 e. The Kier molecular flexibility index (Phi) is 3.77. The normalized spacial score (nSPS) is 11.1. The average molecular weight is 285 g/mol. The van der Waals surface area contributed by atoms with Crippen molar-refractivity contribution in [1.82, 2.24) is 9.88 Å². The molecule has 3 rings (SSSR count). The quantitative estimate of drug-likeness (QED) is 0.764. The van der Waals surface area contributed by atoms with Crippen molar-refractivity contribution in [1.29, 1.82) is 0 Å². The van der Waals surface area contributed by atoms with Crippen molar-refractivity contribution in [3.8, 4) is 0 Å². The fourth-order valence-electron chi connectivity index (χ4n) is 2.49. The lowest BCUT2D eigenvalue weighted by atomic mass is 10.1. The number of halogens is 1. The molecule has 102 valence electrons. The zero-order valence-corrected chi connectivity index (χ0v) is 12.2. The molecule has 0 atom stereocenters. The van der Waals surface area contributed by atoms with Gasteiger partial charge in [0, 0.05) is 29.8 Å². The molecule has 1 heterocycles. The number of nitrogens with one attached hydrogen (secondary N) is 1. The van der Waals surface area contributed by atoms with E-state index in [4.69, 9.17) is 11.6 Å². The second kappa shape index (κ2) is 5.70. The minimum atomic E-state index is 0.798. The van der Waals surface area contributed by atoms with Crippen LogP contribution in [-0.2, 0) is 13.1 Å². The highest BCUT2D eigenvalue weighted by atomic mass is 35.5. The van der Waals surface area contributed by atoms with Gasteiger partial charge in [-0.15, -0.1) is 0 Å². The van der Waals surface area contributed by atoms with E-state index in [9.17, 15) is 0 Å². The molecular formula is C17H17ClN2. The highest BCUT2D eigenvalue weighted by Gasteiger charge is 2.05. The number of aromatic nitrogens is 1. The van der Waals surface area contributed by atoms with Crippen LogP contribution in [0.15, 0.2) is 54.7 Å². The third-order valence-corrected chi connectivity index (χ3v) is 3.89. The first kappa shape index (κ1) is 13.2. The van der Waals surface area contributed by atoms with E-state index in [0.717, 1.165) is 23.7 Å². The zero-order chi connectivity index (χ0) is 13.9. The summed E-state index contributed by atoms with van der Waals surface area (Å²) in [5, 5.41) is 5.27. The molecule has 0 unspecified atom stereocenters. The van der Waals surface area contributed by atoms with Crippen LogP contribution < -0.4 is 5.32 Å². The van der Waals surface area contributed by atoms with Crippen molar-refractivity contribution in [2.24, 2.45) is 0 Å². The Bertz CT molecular complexity index is 731. The Hall–Kier alpha value is -1.77. The summed E-state index contributed by atoms with van der Waals surface area (Å²) in [6, 6.07) is 16.7. The SMILES string of the molecule is CNCc1ccc2ccn(Cc3ccccc3Cl)c2c1. The maximum Gasteiger partial charge on any atom is 0.0490 e. The number of fused-ring (bicyclic) bond motifs is 1. The highest BCUT2D eigenvalue weighted by Crippen LogP contribution is 2.22. The molecule has 0 spiro atoms. The summed E-state index contributed by atoms with van der Waals surface area (Å²) in [4.78, 5) is 0. The summed E-state index contributed by atoms with van der Waals surface area (Å²) in [7, 11) is 1.97. The molecule has 2 aromatic carbocycles. The first-order valence-corrected chi connectivity index (χ1v) is 7.11. The molecule has 20 heavy (non-hydrogen) atoms. The summed E-state index contributed by atoms with van der Waals surface area (Å²) in [6.07, 6.45) is 2.12. The van der Waals surface area contributed by atoms with Gasteiger partial charge in [0.15, 0.2) is 0 Å². The minimum absolute atomic E-state index is 0.798. The van der Waals surface area contributed by atoms with Gasteiger partial charge < -0.3 is 9.88 Å². The van der Waals surface area contributed by atoms with Gasteiger partial charge >= 0.3 is 0 Å². The van der Waals surface area contributed by atoms with Gasteiger partial charge in [-0.1, -0.05) is 41.9 Å². The van der Waals surface area contributed by atoms with Crippen LogP contribution in [-0.4, -0.2) is 11.6 Å². The first-order valence-electron chi connectivity index (χ1n) is 6.74. The van der Waals surface area contributed by atoms with Crippen LogP contribution in [0, 0.1) is 0 Å². The van der Waals surface area contributed by atoms with Crippen LogP contribution in [0.4, 0.5) is 0 Å². The Morgan fingerprint density at radius 1 is 1.10 bits per heavy atom. The highest BCUT2D eigenvalue weighted by molar-refractivity contribution is 6.31. The third-order valence-electron chi connectivity index (χ3n) is 3.52. The molecule has 0 saturated carbocycles. The maximum atomic E-state index is 6.25. The number of benzene rings is 2. The van der Waals surface area contributed by atoms with E-state index < -0.39 is 0 Å². The minimum Gasteiger partial charge on any atom is -0.343 e. The van der Waals surface area contributed by atoms with Gasteiger partial charge in [0.25, 0.3) is 0 Å². The Morgan fingerprint density at radius 3 is 2.75 bits per heavy atom. The van der Waals surface area contributed by atoms with Crippen molar-refractivity contribution < 1.29 is 0 Å². The van der Waals surface area contributed by atoms with Crippen LogP contribution in [0.5, 0.6) is 0 Å². The van der Waals surface area contributed by atoms with Crippen LogP contribution in [0.1, 0.15) is 11.1 Å². The van der Waals surface area contributed by atoms with Crippen molar-refractivity contribution >= 4 is 22.5 Å². The van der Waals surface area contributed by atoms with Gasteiger partial charge in [0.2, 0.25) is 0 Å². The summed E-state index contributed by atoms with van der Waals surface area (Å²) in [5.74, 6) is 0. The second-order valence-corrected chi connectivity index (χ2v) is 5.37. The fourth-order valence-corrected chi connectivity index (χ4v) is 2.69. The first-order chi connectivity index (χ1) is 9.78. The van der Waals surface area contributed by atoms with Gasteiger partial charge in [0.1, 0.15) is 0 Å². The van der Waals surface area contributed by atoms with E-state index >= 15 is 0 Å².